The third-order valence-corrected chi connectivity index (χ3v) is 3.83. The van der Waals surface area contributed by atoms with Crippen molar-refractivity contribution >= 4 is 0 Å². The monoisotopic (exact) mass is 222 g/mol. The lowest BCUT2D eigenvalue weighted by molar-refractivity contribution is 0.0462. The highest BCUT2D eigenvalue weighted by atomic mass is 16.3. The Bertz CT molecular complexity index is 292. The Labute approximate surface area is 97.7 Å². The summed E-state index contributed by atoms with van der Waals surface area (Å²) in [5, 5.41) is 10.0. The first kappa shape index (κ1) is 11.7. The molecule has 1 N–H and O–H groups in total. The second kappa shape index (κ2) is 5.53. The van der Waals surface area contributed by atoms with Gasteiger partial charge in [0.2, 0.25) is 0 Å². The molecule has 3 atom stereocenters. The Balaban J connectivity index is 1.91. The number of furan rings is 1. The van der Waals surface area contributed by atoms with Crippen LogP contribution in [0, 0.1) is 11.8 Å². The van der Waals surface area contributed by atoms with Gasteiger partial charge in [-0.1, -0.05) is 19.8 Å². The van der Waals surface area contributed by atoms with E-state index in [1.165, 1.54) is 31.2 Å². The molecule has 16 heavy (non-hydrogen) atoms. The van der Waals surface area contributed by atoms with Crippen molar-refractivity contribution in [3.63, 3.8) is 0 Å². The van der Waals surface area contributed by atoms with Gasteiger partial charge in [0.05, 0.1) is 18.6 Å². The van der Waals surface area contributed by atoms with Gasteiger partial charge in [-0.15, -0.1) is 0 Å². The molecule has 1 aliphatic rings. The van der Waals surface area contributed by atoms with Crippen LogP contribution in [0.2, 0.25) is 0 Å². The van der Waals surface area contributed by atoms with E-state index >= 15 is 0 Å². The maximum atomic E-state index is 10.0. The molecule has 90 valence electrons. The topological polar surface area (TPSA) is 33.4 Å². The zero-order valence-corrected chi connectivity index (χ0v) is 10.1. The molecule has 0 aliphatic heterocycles. The summed E-state index contributed by atoms with van der Waals surface area (Å²) in [4.78, 5) is 0. The van der Waals surface area contributed by atoms with Gasteiger partial charge in [-0.05, 0) is 49.1 Å². The molecule has 0 spiro atoms. The van der Waals surface area contributed by atoms with Crippen molar-refractivity contribution in [3.8, 4) is 0 Å². The second-order valence-electron chi connectivity index (χ2n) is 5.13. The maximum absolute atomic E-state index is 10.0. The van der Waals surface area contributed by atoms with Gasteiger partial charge in [0, 0.05) is 0 Å². The van der Waals surface area contributed by atoms with Gasteiger partial charge in [0.1, 0.15) is 0 Å². The van der Waals surface area contributed by atoms with Crippen molar-refractivity contribution in [3.05, 3.63) is 24.2 Å². The van der Waals surface area contributed by atoms with Crippen molar-refractivity contribution in [2.24, 2.45) is 11.8 Å². The number of hydrogen-bond acceptors (Lipinski definition) is 2. The average Bonchev–Trinajstić information content (AvgIpc) is 2.76. The molecule has 2 nitrogen and oxygen atoms in total. The van der Waals surface area contributed by atoms with E-state index in [4.69, 9.17) is 4.42 Å². The molecule has 0 amide bonds. The molecule has 2 heteroatoms. The summed E-state index contributed by atoms with van der Waals surface area (Å²) in [5.74, 6) is 1.26. The SMILES string of the molecule is CCCC1CCC(O)C(Cc2ccoc2)C1. The van der Waals surface area contributed by atoms with E-state index in [1.54, 1.807) is 12.5 Å². The van der Waals surface area contributed by atoms with Crippen molar-refractivity contribution in [2.75, 3.05) is 0 Å². The molecule has 1 aromatic rings. The number of aliphatic hydroxyl groups excluding tert-OH is 1. The summed E-state index contributed by atoms with van der Waals surface area (Å²) < 4.78 is 5.08. The summed E-state index contributed by atoms with van der Waals surface area (Å²) in [6, 6.07) is 2.01. The summed E-state index contributed by atoms with van der Waals surface area (Å²) >= 11 is 0. The van der Waals surface area contributed by atoms with Crippen molar-refractivity contribution in [1.29, 1.82) is 0 Å². The third kappa shape index (κ3) is 2.88. The average molecular weight is 222 g/mol. The predicted octanol–water partition coefficient (Wildman–Crippen LogP) is 3.40. The van der Waals surface area contributed by atoms with Crippen LogP contribution in [0.15, 0.2) is 23.0 Å². The van der Waals surface area contributed by atoms with Gasteiger partial charge >= 0.3 is 0 Å². The minimum absolute atomic E-state index is 0.108. The number of aliphatic hydroxyl groups is 1. The van der Waals surface area contributed by atoms with Gasteiger partial charge in [0.25, 0.3) is 0 Å². The van der Waals surface area contributed by atoms with E-state index in [9.17, 15) is 5.11 Å². The fraction of sp³-hybridized carbons (Fsp3) is 0.714. The molecule has 2 rings (SSSR count). The van der Waals surface area contributed by atoms with E-state index in [0.29, 0.717) is 5.92 Å². The normalized spacial score (nSPS) is 30.5. The van der Waals surface area contributed by atoms with Crippen LogP contribution in [0.5, 0.6) is 0 Å². The first-order valence-corrected chi connectivity index (χ1v) is 6.48. The fourth-order valence-corrected chi connectivity index (χ4v) is 2.95. The first-order valence-electron chi connectivity index (χ1n) is 6.48. The maximum Gasteiger partial charge on any atom is 0.0934 e. The third-order valence-electron chi connectivity index (χ3n) is 3.83. The van der Waals surface area contributed by atoms with E-state index in [-0.39, 0.29) is 6.10 Å². The van der Waals surface area contributed by atoms with Crippen LogP contribution in [0.1, 0.15) is 44.6 Å². The quantitative estimate of drug-likeness (QED) is 0.847. The summed E-state index contributed by atoms with van der Waals surface area (Å²) in [5.41, 5.74) is 1.22. The van der Waals surface area contributed by atoms with Crippen LogP contribution in [0.3, 0.4) is 0 Å². The molecule has 0 radical (unpaired) electrons. The van der Waals surface area contributed by atoms with Gasteiger partial charge < -0.3 is 9.52 Å². The van der Waals surface area contributed by atoms with E-state index in [0.717, 1.165) is 18.8 Å². The summed E-state index contributed by atoms with van der Waals surface area (Å²) in [6.45, 7) is 2.25. The molecular weight excluding hydrogens is 200 g/mol. The minimum atomic E-state index is -0.108. The van der Waals surface area contributed by atoms with Crippen molar-refractivity contribution in [2.45, 2.75) is 51.6 Å². The Morgan fingerprint density at radius 1 is 1.44 bits per heavy atom. The largest absolute Gasteiger partial charge is 0.472 e. The Morgan fingerprint density at radius 2 is 2.31 bits per heavy atom. The van der Waals surface area contributed by atoms with Crippen LogP contribution in [-0.2, 0) is 6.42 Å². The van der Waals surface area contributed by atoms with Gasteiger partial charge in [0.15, 0.2) is 0 Å². The van der Waals surface area contributed by atoms with Crippen molar-refractivity contribution < 1.29 is 9.52 Å². The minimum Gasteiger partial charge on any atom is -0.472 e. The molecule has 0 aromatic carbocycles. The molecule has 0 saturated heterocycles. The number of rotatable bonds is 4. The van der Waals surface area contributed by atoms with E-state index in [1.807, 2.05) is 6.07 Å². The second-order valence-corrected chi connectivity index (χ2v) is 5.13. The molecule has 3 unspecified atom stereocenters. The van der Waals surface area contributed by atoms with Crippen LogP contribution in [0.25, 0.3) is 0 Å². The van der Waals surface area contributed by atoms with Crippen LogP contribution in [-0.4, -0.2) is 11.2 Å². The molecule has 1 saturated carbocycles. The highest BCUT2D eigenvalue weighted by Gasteiger charge is 2.28. The zero-order chi connectivity index (χ0) is 11.4. The Hall–Kier alpha value is -0.760. The van der Waals surface area contributed by atoms with Gasteiger partial charge in [-0.3, -0.25) is 0 Å². The summed E-state index contributed by atoms with van der Waals surface area (Å²) in [7, 11) is 0. The highest BCUT2D eigenvalue weighted by Crippen LogP contribution is 2.34. The molecule has 1 fully saturated rings. The molecule has 1 aliphatic carbocycles. The molecule has 0 bridgehead atoms. The van der Waals surface area contributed by atoms with Crippen LogP contribution in [0.4, 0.5) is 0 Å². The fourth-order valence-electron chi connectivity index (χ4n) is 2.95. The smallest absolute Gasteiger partial charge is 0.0934 e. The molecule has 1 aromatic heterocycles. The van der Waals surface area contributed by atoms with Gasteiger partial charge in [-0.2, -0.15) is 0 Å². The van der Waals surface area contributed by atoms with E-state index < -0.39 is 0 Å². The van der Waals surface area contributed by atoms with E-state index in [2.05, 4.69) is 6.92 Å². The lowest BCUT2D eigenvalue weighted by atomic mass is 9.75. The standard InChI is InChI=1S/C14H22O2/c1-2-3-11-4-5-14(15)13(8-11)9-12-6-7-16-10-12/h6-7,10-11,13-15H,2-5,8-9H2,1H3. The van der Waals surface area contributed by atoms with Crippen LogP contribution >= 0.6 is 0 Å². The lowest BCUT2D eigenvalue weighted by Crippen LogP contribution is -2.30. The predicted molar refractivity (Wildman–Crippen MR) is 64.2 cm³/mol. The van der Waals surface area contributed by atoms with Crippen LogP contribution < -0.4 is 0 Å². The molecular formula is C14H22O2. The lowest BCUT2D eigenvalue weighted by Gasteiger charge is -2.33. The highest BCUT2D eigenvalue weighted by molar-refractivity contribution is 5.07. The summed E-state index contributed by atoms with van der Waals surface area (Å²) in [6.07, 6.45) is 10.3. The Morgan fingerprint density at radius 3 is 3.00 bits per heavy atom. The number of hydrogen-bond donors (Lipinski definition) is 1. The van der Waals surface area contributed by atoms with Crippen molar-refractivity contribution in [1.82, 2.24) is 0 Å². The molecule has 1 heterocycles. The first-order chi connectivity index (χ1) is 7.79. The van der Waals surface area contributed by atoms with Gasteiger partial charge in [-0.25, -0.2) is 0 Å². The zero-order valence-electron chi connectivity index (χ0n) is 10.1. The Kier molecular flexibility index (Phi) is 4.05.